The monoisotopic (exact) mass is 284 g/mol. The standard InChI is InChI=1S/C17H20N2O2/c1-8-9(2)13(7-14(10(8)3)17(20)21)15-11(4)18-16(19-15)12-5-6-12/h7,12H,5-6H2,1-4H3,(H,18,19)(H,20,21). The van der Waals surface area contributed by atoms with Gasteiger partial charge in [0.2, 0.25) is 0 Å². The molecule has 1 aliphatic rings. The number of benzene rings is 1. The fourth-order valence-electron chi connectivity index (χ4n) is 2.81. The number of aryl methyl sites for hydroxylation is 1. The molecule has 0 aliphatic heterocycles. The van der Waals surface area contributed by atoms with E-state index in [-0.39, 0.29) is 0 Å². The quantitative estimate of drug-likeness (QED) is 0.898. The molecule has 1 heterocycles. The van der Waals surface area contributed by atoms with Crippen LogP contribution in [0.1, 0.15) is 57.3 Å². The first-order valence-electron chi connectivity index (χ1n) is 7.31. The lowest BCUT2D eigenvalue weighted by Crippen LogP contribution is -2.04. The van der Waals surface area contributed by atoms with Gasteiger partial charge in [0.25, 0.3) is 0 Å². The average Bonchev–Trinajstić information content (AvgIpc) is 3.20. The highest BCUT2D eigenvalue weighted by Crippen LogP contribution is 2.40. The minimum absolute atomic E-state index is 0.364. The molecule has 110 valence electrons. The van der Waals surface area contributed by atoms with Crippen LogP contribution in [-0.4, -0.2) is 21.0 Å². The normalized spacial score (nSPS) is 14.5. The highest BCUT2D eigenvalue weighted by atomic mass is 16.4. The van der Waals surface area contributed by atoms with Crippen molar-refractivity contribution in [3.8, 4) is 11.3 Å². The van der Waals surface area contributed by atoms with Gasteiger partial charge in [-0.15, -0.1) is 0 Å². The molecule has 1 aliphatic carbocycles. The van der Waals surface area contributed by atoms with Crippen LogP contribution in [0.25, 0.3) is 11.3 Å². The van der Waals surface area contributed by atoms with Crippen molar-refractivity contribution in [3.63, 3.8) is 0 Å². The third-order valence-electron chi connectivity index (χ3n) is 4.57. The molecule has 21 heavy (non-hydrogen) atoms. The molecule has 1 aromatic carbocycles. The minimum Gasteiger partial charge on any atom is -0.478 e. The molecule has 0 spiro atoms. The summed E-state index contributed by atoms with van der Waals surface area (Å²) in [4.78, 5) is 19.5. The highest BCUT2D eigenvalue weighted by molar-refractivity contribution is 5.92. The zero-order valence-electron chi connectivity index (χ0n) is 12.9. The van der Waals surface area contributed by atoms with E-state index in [2.05, 4.69) is 4.98 Å². The molecule has 0 bridgehead atoms. The number of nitrogens with zero attached hydrogens (tertiary/aromatic N) is 1. The number of carboxylic acids is 1. The number of aromatic carboxylic acids is 1. The number of aromatic amines is 1. The minimum atomic E-state index is -0.882. The number of rotatable bonds is 3. The van der Waals surface area contributed by atoms with Crippen molar-refractivity contribution in [3.05, 3.63) is 39.8 Å². The van der Waals surface area contributed by atoms with Gasteiger partial charge in [-0.2, -0.15) is 0 Å². The Balaban J connectivity index is 2.19. The summed E-state index contributed by atoms with van der Waals surface area (Å²) in [5, 5.41) is 9.40. The van der Waals surface area contributed by atoms with Crippen molar-refractivity contribution in [1.82, 2.24) is 9.97 Å². The Bertz CT molecular complexity index is 740. The number of nitrogens with one attached hydrogen (secondary N) is 1. The molecule has 3 rings (SSSR count). The van der Waals surface area contributed by atoms with E-state index in [0.717, 1.165) is 39.5 Å². The van der Waals surface area contributed by atoms with Gasteiger partial charge in [-0.1, -0.05) is 0 Å². The van der Waals surface area contributed by atoms with Crippen LogP contribution in [0.15, 0.2) is 6.07 Å². The Labute approximate surface area is 124 Å². The SMILES string of the molecule is Cc1[nH]c(C2CC2)nc1-c1cc(C(=O)O)c(C)c(C)c1C. The van der Waals surface area contributed by atoms with Gasteiger partial charge in [-0.05, 0) is 63.3 Å². The lowest BCUT2D eigenvalue weighted by molar-refractivity contribution is 0.0696. The molecule has 0 atom stereocenters. The topological polar surface area (TPSA) is 66.0 Å². The summed E-state index contributed by atoms with van der Waals surface area (Å²) in [6, 6.07) is 1.76. The first kappa shape index (κ1) is 13.9. The Kier molecular flexibility index (Phi) is 3.12. The second-order valence-corrected chi connectivity index (χ2v) is 6.02. The lowest BCUT2D eigenvalue weighted by atomic mass is 9.92. The number of hydrogen-bond donors (Lipinski definition) is 2. The molecule has 4 nitrogen and oxygen atoms in total. The third kappa shape index (κ3) is 2.24. The highest BCUT2D eigenvalue weighted by Gasteiger charge is 2.28. The average molecular weight is 284 g/mol. The summed E-state index contributed by atoms with van der Waals surface area (Å²) in [7, 11) is 0. The molecule has 1 fully saturated rings. The van der Waals surface area contributed by atoms with Gasteiger partial charge in [0.15, 0.2) is 0 Å². The Morgan fingerprint density at radius 3 is 2.43 bits per heavy atom. The molecule has 2 N–H and O–H groups in total. The van der Waals surface area contributed by atoms with Gasteiger partial charge in [-0.3, -0.25) is 0 Å². The molecule has 2 aromatic rings. The van der Waals surface area contributed by atoms with E-state index in [4.69, 9.17) is 4.98 Å². The number of aromatic nitrogens is 2. The zero-order chi connectivity index (χ0) is 15.3. The van der Waals surface area contributed by atoms with E-state index in [1.165, 1.54) is 12.8 Å². The Hall–Kier alpha value is -2.10. The van der Waals surface area contributed by atoms with Gasteiger partial charge in [0.05, 0.1) is 11.3 Å². The van der Waals surface area contributed by atoms with E-state index in [1.807, 2.05) is 27.7 Å². The first-order valence-corrected chi connectivity index (χ1v) is 7.31. The maximum absolute atomic E-state index is 11.4. The number of imidazole rings is 1. The van der Waals surface area contributed by atoms with Gasteiger partial charge < -0.3 is 10.1 Å². The summed E-state index contributed by atoms with van der Waals surface area (Å²) < 4.78 is 0. The maximum Gasteiger partial charge on any atom is 0.335 e. The van der Waals surface area contributed by atoms with Crippen LogP contribution in [0.4, 0.5) is 0 Å². The number of hydrogen-bond acceptors (Lipinski definition) is 2. The van der Waals surface area contributed by atoms with E-state index >= 15 is 0 Å². The molecule has 0 amide bonds. The molecular formula is C17H20N2O2. The van der Waals surface area contributed by atoms with Gasteiger partial charge in [0.1, 0.15) is 5.82 Å². The molecule has 0 unspecified atom stereocenters. The van der Waals surface area contributed by atoms with E-state index in [0.29, 0.717) is 11.5 Å². The van der Waals surface area contributed by atoms with Crippen molar-refractivity contribution in [2.45, 2.75) is 46.5 Å². The molecular weight excluding hydrogens is 264 g/mol. The fraction of sp³-hybridized carbons (Fsp3) is 0.412. The smallest absolute Gasteiger partial charge is 0.335 e. The molecule has 0 saturated heterocycles. The van der Waals surface area contributed by atoms with Crippen molar-refractivity contribution in [2.75, 3.05) is 0 Å². The van der Waals surface area contributed by atoms with Gasteiger partial charge >= 0.3 is 5.97 Å². The van der Waals surface area contributed by atoms with Gasteiger partial charge in [-0.25, -0.2) is 9.78 Å². The summed E-state index contributed by atoms with van der Waals surface area (Å²) in [5.74, 6) is 0.715. The van der Waals surface area contributed by atoms with Crippen molar-refractivity contribution in [1.29, 1.82) is 0 Å². The summed E-state index contributed by atoms with van der Waals surface area (Å²) in [6.45, 7) is 7.88. The van der Waals surface area contributed by atoms with Crippen LogP contribution >= 0.6 is 0 Å². The predicted octanol–water partition coefficient (Wildman–Crippen LogP) is 3.89. The van der Waals surface area contributed by atoms with Crippen LogP contribution in [0, 0.1) is 27.7 Å². The maximum atomic E-state index is 11.4. The molecule has 1 aromatic heterocycles. The first-order chi connectivity index (χ1) is 9.90. The molecule has 1 saturated carbocycles. The Morgan fingerprint density at radius 1 is 1.19 bits per heavy atom. The van der Waals surface area contributed by atoms with E-state index < -0.39 is 5.97 Å². The van der Waals surface area contributed by atoms with Gasteiger partial charge in [0, 0.05) is 17.2 Å². The molecule has 4 heteroatoms. The van der Waals surface area contributed by atoms with Crippen LogP contribution in [0.2, 0.25) is 0 Å². The van der Waals surface area contributed by atoms with Crippen LogP contribution in [-0.2, 0) is 0 Å². The summed E-state index contributed by atoms with van der Waals surface area (Å²) in [5.41, 5.74) is 6.16. The predicted molar refractivity (Wildman–Crippen MR) is 81.9 cm³/mol. The van der Waals surface area contributed by atoms with Crippen molar-refractivity contribution >= 4 is 5.97 Å². The van der Waals surface area contributed by atoms with E-state index in [9.17, 15) is 9.90 Å². The summed E-state index contributed by atoms with van der Waals surface area (Å²) >= 11 is 0. The van der Waals surface area contributed by atoms with Crippen LogP contribution in [0.3, 0.4) is 0 Å². The zero-order valence-corrected chi connectivity index (χ0v) is 12.9. The van der Waals surface area contributed by atoms with E-state index in [1.54, 1.807) is 6.07 Å². The van der Waals surface area contributed by atoms with Crippen LogP contribution < -0.4 is 0 Å². The Morgan fingerprint density at radius 2 is 1.86 bits per heavy atom. The van der Waals surface area contributed by atoms with Crippen molar-refractivity contribution in [2.24, 2.45) is 0 Å². The number of carboxylic acid groups (broad SMARTS) is 1. The second kappa shape index (κ2) is 4.72. The molecule has 0 radical (unpaired) electrons. The second-order valence-electron chi connectivity index (χ2n) is 6.02. The van der Waals surface area contributed by atoms with Crippen LogP contribution in [0.5, 0.6) is 0 Å². The number of carbonyl (C=O) groups is 1. The number of H-pyrrole nitrogens is 1. The van der Waals surface area contributed by atoms with Crippen molar-refractivity contribution < 1.29 is 9.90 Å². The third-order valence-corrected chi connectivity index (χ3v) is 4.57. The fourth-order valence-corrected chi connectivity index (χ4v) is 2.81. The largest absolute Gasteiger partial charge is 0.478 e. The lowest BCUT2D eigenvalue weighted by Gasteiger charge is -2.13. The summed E-state index contributed by atoms with van der Waals surface area (Å²) in [6.07, 6.45) is 2.39.